The molecule has 0 radical (unpaired) electrons. The van der Waals surface area contributed by atoms with Crippen LogP contribution in [0.5, 0.6) is 5.75 Å². The average Bonchev–Trinajstić information content (AvgIpc) is 3.47. The summed E-state index contributed by atoms with van der Waals surface area (Å²) in [4.78, 5) is 16.8. The Bertz CT molecular complexity index is 1180. The van der Waals surface area contributed by atoms with Gasteiger partial charge in [0.25, 0.3) is 0 Å². The number of hydrogen-bond acceptors (Lipinski definition) is 5. The van der Waals surface area contributed by atoms with Crippen LogP contribution in [0, 0.1) is 6.92 Å². The van der Waals surface area contributed by atoms with Crippen LogP contribution in [0.2, 0.25) is 0 Å². The highest BCUT2D eigenvalue weighted by atomic mass is 32.1. The van der Waals surface area contributed by atoms with Gasteiger partial charge in [-0.25, -0.2) is 9.67 Å². The van der Waals surface area contributed by atoms with Crippen LogP contribution in [0.1, 0.15) is 21.8 Å². The highest BCUT2D eigenvalue weighted by Crippen LogP contribution is 2.21. The third-order valence-corrected chi connectivity index (χ3v) is 5.39. The van der Waals surface area contributed by atoms with Gasteiger partial charge in [0.1, 0.15) is 12.4 Å². The maximum atomic E-state index is 12.4. The van der Waals surface area contributed by atoms with Gasteiger partial charge in [0.05, 0.1) is 16.4 Å². The first-order valence-corrected chi connectivity index (χ1v) is 10.7. The summed E-state index contributed by atoms with van der Waals surface area (Å²) in [5.74, 6) is 0.529. The van der Waals surface area contributed by atoms with Crippen molar-refractivity contribution in [1.82, 2.24) is 20.1 Å². The molecule has 2 aromatic heterocycles. The highest BCUT2D eigenvalue weighted by Gasteiger charge is 2.06. The monoisotopic (exact) mass is 430 g/mol. The first-order valence-electron chi connectivity index (χ1n) is 9.86. The fourth-order valence-corrected chi connectivity index (χ4v) is 3.68. The van der Waals surface area contributed by atoms with Crippen molar-refractivity contribution in [3.63, 3.8) is 0 Å². The average molecular weight is 431 g/mol. The summed E-state index contributed by atoms with van der Waals surface area (Å²) in [5.41, 5.74) is 3.65. The molecule has 0 unspecified atom stereocenters. The molecule has 0 saturated carbocycles. The van der Waals surface area contributed by atoms with Gasteiger partial charge in [-0.15, -0.1) is 11.3 Å². The Kier molecular flexibility index (Phi) is 6.54. The van der Waals surface area contributed by atoms with E-state index in [9.17, 15) is 4.79 Å². The molecule has 0 saturated heterocycles. The van der Waals surface area contributed by atoms with E-state index in [4.69, 9.17) is 4.74 Å². The first kappa shape index (κ1) is 20.6. The van der Waals surface area contributed by atoms with Gasteiger partial charge >= 0.3 is 0 Å². The molecule has 7 heteroatoms. The van der Waals surface area contributed by atoms with Crippen molar-refractivity contribution in [2.45, 2.75) is 20.1 Å². The van der Waals surface area contributed by atoms with Crippen LogP contribution in [0.25, 0.3) is 11.8 Å². The lowest BCUT2D eigenvalue weighted by Gasteiger charge is -2.10. The van der Waals surface area contributed by atoms with Gasteiger partial charge in [0.15, 0.2) is 0 Å². The van der Waals surface area contributed by atoms with Crippen molar-refractivity contribution in [3.05, 3.63) is 100 Å². The summed E-state index contributed by atoms with van der Waals surface area (Å²) in [6.45, 7) is 2.77. The van der Waals surface area contributed by atoms with Crippen molar-refractivity contribution in [2.24, 2.45) is 0 Å². The van der Waals surface area contributed by atoms with E-state index in [0.717, 1.165) is 27.5 Å². The molecule has 6 nitrogen and oxygen atoms in total. The number of carbonyl (C=O) groups excluding carboxylic acids is 1. The molecule has 4 aromatic rings. The fraction of sp³-hybridized carbons (Fsp3) is 0.125. The van der Waals surface area contributed by atoms with Crippen molar-refractivity contribution in [1.29, 1.82) is 0 Å². The smallest absolute Gasteiger partial charge is 0.244 e. The lowest BCUT2D eigenvalue weighted by Crippen LogP contribution is -2.21. The van der Waals surface area contributed by atoms with Crippen LogP contribution in [0.3, 0.4) is 0 Å². The van der Waals surface area contributed by atoms with Crippen LogP contribution >= 0.6 is 11.3 Å². The van der Waals surface area contributed by atoms with E-state index in [0.29, 0.717) is 18.9 Å². The van der Waals surface area contributed by atoms with E-state index in [1.165, 1.54) is 6.08 Å². The Labute approximate surface area is 184 Å². The molecule has 0 aliphatic carbocycles. The standard InChI is InChI=1S/C24H22N4O2S/c1-18-27-21(17-31-18)16-30-23-10-5-3-7-19(23)11-12-24(29)25-15-20-8-2-4-9-22(20)28-14-6-13-26-28/h2-14,17H,15-16H2,1H3,(H,25,29)/b12-11+. The summed E-state index contributed by atoms with van der Waals surface area (Å²) in [5, 5.41) is 10.2. The number of hydrogen-bond donors (Lipinski definition) is 1. The molecule has 2 aromatic carbocycles. The minimum absolute atomic E-state index is 0.180. The zero-order valence-corrected chi connectivity index (χ0v) is 17.9. The normalized spacial score (nSPS) is 11.0. The molecule has 4 rings (SSSR count). The second-order valence-electron chi connectivity index (χ2n) is 6.81. The number of amides is 1. The minimum atomic E-state index is -0.180. The second-order valence-corrected chi connectivity index (χ2v) is 7.88. The van der Waals surface area contributed by atoms with Crippen molar-refractivity contribution >= 4 is 23.3 Å². The summed E-state index contributed by atoms with van der Waals surface area (Å²) < 4.78 is 7.69. The number of nitrogens with one attached hydrogen (secondary N) is 1. The summed E-state index contributed by atoms with van der Waals surface area (Å²) in [6, 6.07) is 17.3. The number of thiazole rings is 1. The molecule has 0 aliphatic heterocycles. The summed E-state index contributed by atoms with van der Waals surface area (Å²) in [6.07, 6.45) is 6.89. The number of aryl methyl sites for hydroxylation is 1. The number of aromatic nitrogens is 3. The van der Waals surface area contributed by atoms with Gasteiger partial charge in [-0.1, -0.05) is 36.4 Å². The molecule has 0 aliphatic rings. The zero-order chi connectivity index (χ0) is 21.5. The Morgan fingerprint density at radius 3 is 2.81 bits per heavy atom. The maximum Gasteiger partial charge on any atom is 0.244 e. The molecule has 2 heterocycles. The van der Waals surface area contributed by atoms with E-state index in [1.54, 1.807) is 28.3 Å². The summed E-state index contributed by atoms with van der Waals surface area (Å²) >= 11 is 1.60. The maximum absolute atomic E-state index is 12.4. The number of nitrogens with zero attached hydrogens (tertiary/aromatic N) is 3. The number of ether oxygens (including phenoxy) is 1. The molecule has 1 N–H and O–H groups in total. The van der Waals surface area contributed by atoms with E-state index in [-0.39, 0.29) is 5.91 Å². The predicted molar refractivity (Wildman–Crippen MR) is 122 cm³/mol. The Hall–Kier alpha value is -3.71. The van der Waals surface area contributed by atoms with Crippen molar-refractivity contribution in [3.8, 4) is 11.4 Å². The number of benzene rings is 2. The lowest BCUT2D eigenvalue weighted by atomic mass is 10.1. The van der Waals surface area contributed by atoms with Crippen LogP contribution in [0.4, 0.5) is 0 Å². The fourth-order valence-electron chi connectivity index (χ4n) is 3.08. The SMILES string of the molecule is Cc1nc(COc2ccccc2/C=C/C(=O)NCc2ccccc2-n2cccn2)cs1. The van der Waals surface area contributed by atoms with Crippen molar-refractivity contribution < 1.29 is 9.53 Å². The molecule has 0 fully saturated rings. The quantitative estimate of drug-likeness (QED) is 0.417. The minimum Gasteiger partial charge on any atom is -0.487 e. The van der Waals surface area contributed by atoms with E-state index in [2.05, 4.69) is 15.4 Å². The Balaban J connectivity index is 1.38. The Morgan fingerprint density at radius 1 is 1.16 bits per heavy atom. The predicted octanol–water partition coefficient (Wildman–Crippen LogP) is 4.55. The van der Waals surface area contributed by atoms with Gasteiger partial charge in [-0.05, 0) is 36.8 Å². The number of carbonyl (C=O) groups is 1. The van der Waals surface area contributed by atoms with Crippen LogP contribution in [-0.4, -0.2) is 20.7 Å². The largest absolute Gasteiger partial charge is 0.487 e. The van der Waals surface area contributed by atoms with Crippen LogP contribution in [-0.2, 0) is 17.9 Å². The second kappa shape index (κ2) is 9.86. The molecular formula is C24H22N4O2S. The van der Waals surface area contributed by atoms with Crippen molar-refractivity contribution in [2.75, 3.05) is 0 Å². The van der Waals surface area contributed by atoms with E-state index >= 15 is 0 Å². The molecule has 0 bridgehead atoms. The summed E-state index contributed by atoms with van der Waals surface area (Å²) in [7, 11) is 0. The van der Waals surface area contributed by atoms with Crippen LogP contribution in [0.15, 0.2) is 78.4 Å². The molecule has 156 valence electrons. The van der Waals surface area contributed by atoms with Gasteiger partial charge in [0, 0.05) is 36.0 Å². The Morgan fingerprint density at radius 2 is 2.00 bits per heavy atom. The number of rotatable bonds is 8. The third kappa shape index (κ3) is 5.46. The first-order chi connectivity index (χ1) is 15.2. The van der Waals surface area contributed by atoms with Gasteiger partial charge in [0.2, 0.25) is 5.91 Å². The molecular weight excluding hydrogens is 408 g/mol. The zero-order valence-electron chi connectivity index (χ0n) is 17.1. The third-order valence-electron chi connectivity index (χ3n) is 4.57. The lowest BCUT2D eigenvalue weighted by molar-refractivity contribution is -0.116. The van der Waals surface area contributed by atoms with E-state index in [1.807, 2.05) is 73.1 Å². The molecule has 31 heavy (non-hydrogen) atoms. The van der Waals surface area contributed by atoms with Gasteiger partial charge in [-0.3, -0.25) is 4.79 Å². The van der Waals surface area contributed by atoms with Crippen LogP contribution < -0.4 is 10.1 Å². The van der Waals surface area contributed by atoms with Gasteiger partial charge < -0.3 is 10.1 Å². The van der Waals surface area contributed by atoms with Gasteiger partial charge in [-0.2, -0.15) is 5.10 Å². The highest BCUT2D eigenvalue weighted by molar-refractivity contribution is 7.09. The number of para-hydroxylation sites is 2. The van der Waals surface area contributed by atoms with E-state index < -0.39 is 0 Å². The topological polar surface area (TPSA) is 69.0 Å². The molecule has 0 atom stereocenters. The molecule has 1 amide bonds. The molecule has 0 spiro atoms.